The molecule has 4 nitrogen and oxygen atoms in total. The highest BCUT2D eigenvalue weighted by Crippen LogP contribution is 2.33. The Morgan fingerprint density at radius 2 is 2.19 bits per heavy atom. The first-order valence-corrected chi connectivity index (χ1v) is 8.53. The van der Waals surface area contributed by atoms with E-state index in [0.29, 0.717) is 11.6 Å². The Morgan fingerprint density at radius 1 is 1.38 bits per heavy atom. The second-order valence-electron chi connectivity index (χ2n) is 5.67. The Balaban J connectivity index is 1.73. The molecule has 0 bridgehead atoms. The molecule has 5 heteroatoms. The van der Waals surface area contributed by atoms with Crippen LogP contribution in [0.2, 0.25) is 0 Å². The summed E-state index contributed by atoms with van der Waals surface area (Å²) in [4.78, 5) is 27.9. The van der Waals surface area contributed by atoms with Gasteiger partial charge >= 0.3 is 0 Å². The lowest BCUT2D eigenvalue weighted by Crippen LogP contribution is -2.40. The van der Waals surface area contributed by atoms with Crippen LogP contribution in [-0.4, -0.2) is 46.3 Å². The molecule has 1 atom stereocenters. The van der Waals surface area contributed by atoms with Crippen LogP contribution in [-0.2, 0) is 9.59 Å². The quantitative estimate of drug-likeness (QED) is 0.859. The van der Waals surface area contributed by atoms with Crippen LogP contribution in [0.1, 0.15) is 30.0 Å². The van der Waals surface area contributed by atoms with Crippen LogP contribution in [0.25, 0.3) is 0 Å². The average molecular weight is 304 g/mol. The molecule has 21 heavy (non-hydrogen) atoms. The minimum absolute atomic E-state index is 0.0802. The van der Waals surface area contributed by atoms with E-state index in [0.717, 1.165) is 19.4 Å². The van der Waals surface area contributed by atoms with Crippen LogP contribution in [0.15, 0.2) is 24.3 Å². The molecule has 2 saturated heterocycles. The first-order valence-electron chi connectivity index (χ1n) is 7.37. The molecule has 0 radical (unpaired) electrons. The molecule has 2 fully saturated rings. The lowest BCUT2D eigenvalue weighted by molar-refractivity contribution is -0.138. The second-order valence-corrected chi connectivity index (χ2v) is 6.63. The molecule has 2 heterocycles. The number of carbonyl (C=O) groups excluding carboxylic acids is 2. The van der Waals surface area contributed by atoms with Crippen molar-refractivity contribution in [1.82, 2.24) is 9.80 Å². The lowest BCUT2D eigenvalue weighted by atomic mass is 9.99. The zero-order valence-corrected chi connectivity index (χ0v) is 13.1. The van der Waals surface area contributed by atoms with E-state index in [1.807, 2.05) is 17.0 Å². The monoisotopic (exact) mass is 304 g/mol. The van der Waals surface area contributed by atoms with Crippen molar-refractivity contribution in [3.8, 4) is 0 Å². The van der Waals surface area contributed by atoms with Gasteiger partial charge in [-0.3, -0.25) is 9.59 Å². The molecular formula is C16H20N2O2S. The van der Waals surface area contributed by atoms with Crippen LogP contribution in [0.4, 0.5) is 0 Å². The summed E-state index contributed by atoms with van der Waals surface area (Å²) in [6, 6.07) is 8.44. The number of carbonyl (C=O) groups is 2. The predicted molar refractivity (Wildman–Crippen MR) is 83.9 cm³/mol. The highest BCUT2D eigenvalue weighted by molar-refractivity contribution is 8.00. The van der Waals surface area contributed by atoms with Crippen molar-refractivity contribution < 1.29 is 9.59 Å². The molecule has 1 aromatic carbocycles. The number of likely N-dealkylation sites (tertiary alicyclic amines) is 1. The number of rotatable bonds is 3. The van der Waals surface area contributed by atoms with Crippen LogP contribution in [0.5, 0.6) is 0 Å². The van der Waals surface area contributed by atoms with Gasteiger partial charge in [0, 0.05) is 6.54 Å². The average Bonchev–Trinajstić information content (AvgIpc) is 3.09. The van der Waals surface area contributed by atoms with Crippen molar-refractivity contribution in [2.45, 2.75) is 25.8 Å². The minimum Gasteiger partial charge on any atom is -0.334 e. The zero-order valence-electron chi connectivity index (χ0n) is 12.2. The summed E-state index contributed by atoms with van der Waals surface area (Å²) < 4.78 is 0. The fraction of sp³-hybridized carbons (Fsp3) is 0.500. The van der Waals surface area contributed by atoms with Crippen molar-refractivity contribution >= 4 is 23.6 Å². The fourth-order valence-electron chi connectivity index (χ4n) is 3.14. The molecule has 2 amide bonds. The van der Waals surface area contributed by atoms with E-state index in [9.17, 15) is 9.59 Å². The third-order valence-corrected chi connectivity index (χ3v) is 5.22. The van der Waals surface area contributed by atoms with Crippen LogP contribution >= 0.6 is 11.8 Å². The number of benzene rings is 1. The van der Waals surface area contributed by atoms with E-state index < -0.39 is 0 Å². The van der Waals surface area contributed by atoms with Gasteiger partial charge in [0.1, 0.15) is 6.54 Å². The number of aryl methyl sites for hydroxylation is 1. The van der Waals surface area contributed by atoms with Crippen LogP contribution in [0, 0.1) is 6.92 Å². The summed E-state index contributed by atoms with van der Waals surface area (Å²) in [6.45, 7) is 3.12. The van der Waals surface area contributed by atoms with E-state index in [1.165, 1.54) is 11.1 Å². The third kappa shape index (κ3) is 2.93. The largest absolute Gasteiger partial charge is 0.334 e. The van der Waals surface area contributed by atoms with Gasteiger partial charge in [-0.1, -0.05) is 24.3 Å². The van der Waals surface area contributed by atoms with E-state index in [-0.39, 0.29) is 24.4 Å². The van der Waals surface area contributed by atoms with E-state index in [1.54, 1.807) is 16.7 Å². The second kappa shape index (κ2) is 6.10. The first-order chi connectivity index (χ1) is 10.2. The summed E-state index contributed by atoms with van der Waals surface area (Å²) in [7, 11) is 0. The van der Waals surface area contributed by atoms with Crippen molar-refractivity contribution in [2.24, 2.45) is 0 Å². The maximum absolute atomic E-state index is 12.6. The summed E-state index contributed by atoms with van der Waals surface area (Å²) in [5, 5.41) is 0. The van der Waals surface area contributed by atoms with Crippen molar-refractivity contribution in [3.05, 3.63) is 35.4 Å². The number of nitrogens with zero attached hydrogens (tertiary/aromatic N) is 2. The molecule has 3 rings (SSSR count). The summed E-state index contributed by atoms with van der Waals surface area (Å²) >= 11 is 1.58. The highest BCUT2D eigenvalue weighted by atomic mass is 32.2. The summed E-state index contributed by atoms with van der Waals surface area (Å²) in [6.07, 6.45) is 2.05. The van der Waals surface area contributed by atoms with Gasteiger partial charge < -0.3 is 9.80 Å². The molecule has 0 aromatic heterocycles. The minimum atomic E-state index is 0.0802. The lowest BCUT2D eigenvalue weighted by Gasteiger charge is -2.28. The normalized spacial score (nSPS) is 22.1. The van der Waals surface area contributed by atoms with Gasteiger partial charge in [-0.25, -0.2) is 0 Å². The van der Waals surface area contributed by atoms with Crippen molar-refractivity contribution in [1.29, 1.82) is 0 Å². The SMILES string of the molecule is Cc1ccccc1[C@@H]1CCCN1C(=O)CN1CSCC1=O. The Hall–Kier alpha value is -1.49. The third-order valence-electron chi connectivity index (χ3n) is 4.27. The van der Waals surface area contributed by atoms with Crippen molar-refractivity contribution in [2.75, 3.05) is 24.7 Å². The van der Waals surface area contributed by atoms with Gasteiger partial charge in [0.25, 0.3) is 0 Å². The first kappa shape index (κ1) is 14.4. The molecule has 1 aromatic rings. The number of hydrogen-bond acceptors (Lipinski definition) is 3. The molecule has 112 valence electrons. The summed E-state index contributed by atoms with van der Waals surface area (Å²) in [5.41, 5.74) is 2.47. The Kier molecular flexibility index (Phi) is 4.19. The van der Waals surface area contributed by atoms with Gasteiger partial charge in [0.05, 0.1) is 17.7 Å². The smallest absolute Gasteiger partial charge is 0.242 e. The molecule has 0 aliphatic carbocycles. The molecule has 0 unspecified atom stereocenters. The van der Waals surface area contributed by atoms with E-state index in [4.69, 9.17) is 0 Å². The summed E-state index contributed by atoms with van der Waals surface area (Å²) in [5.74, 6) is 1.32. The molecule has 2 aliphatic heterocycles. The van der Waals surface area contributed by atoms with Gasteiger partial charge in [0.15, 0.2) is 0 Å². The Bertz CT molecular complexity index is 561. The standard InChI is InChI=1S/C16H20N2O2S/c1-12-5-2-3-6-13(12)14-7-4-8-18(14)15(19)9-17-11-21-10-16(17)20/h2-3,5-6,14H,4,7-11H2,1H3/t14-/m0/s1. The molecule has 0 spiro atoms. The van der Waals surface area contributed by atoms with E-state index in [2.05, 4.69) is 19.1 Å². The number of amides is 2. The molecule has 2 aliphatic rings. The predicted octanol–water partition coefficient (Wildman–Crippen LogP) is 2.19. The topological polar surface area (TPSA) is 40.6 Å². The zero-order chi connectivity index (χ0) is 14.8. The van der Waals surface area contributed by atoms with Gasteiger partial charge in [-0.15, -0.1) is 11.8 Å². The maximum atomic E-state index is 12.6. The maximum Gasteiger partial charge on any atom is 0.242 e. The Labute approximate surface area is 129 Å². The Morgan fingerprint density at radius 3 is 2.90 bits per heavy atom. The molecular weight excluding hydrogens is 284 g/mol. The van der Waals surface area contributed by atoms with Gasteiger partial charge in [0.2, 0.25) is 11.8 Å². The van der Waals surface area contributed by atoms with Crippen molar-refractivity contribution in [3.63, 3.8) is 0 Å². The number of thioether (sulfide) groups is 1. The number of hydrogen-bond donors (Lipinski definition) is 0. The van der Waals surface area contributed by atoms with Crippen LogP contribution in [0.3, 0.4) is 0 Å². The van der Waals surface area contributed by atoms with Gasteiger partial charge in [-0.2, -0.15) is 0 Å². The van der Waals surface area contributed by atoms with E-state index >= 15 is 0 Å². The molecule has 0 N–H and O–H groups in total. The fourth-order valence-corrected chi connectivity index (χ4v) is 4.05. The van der Waals surface area contributed by atoms with Gasteiger partial charge in [-0.05, 0) is 30.9 Å². The van der Waals surface area contributed by atoms with Crippen LogP contribution < -0.4 is 0 Å². The highest BCUT2D eigenvalue weighted by Gasteiger charge is 2.33. The molecule has 0 saturated carbocycles.